The molecule has 1 saturated heterocycles. The number of amides is 1. The summed E-state index contributed by atoms with van der Waals surface area (Å²) in [5.74, 6) is -0.235. The molecule has 0 aromatic carbocycles. The van der Waals surface area contributed by atoms with Crippen LogP contribution in [0.15, 0.2) is 12.3 Å². The fourth-order valence-corrected chi connectivity index (χ4v) is 1.90. The molecule has 2 rings (SSSR count). The van der Waals surface area contributed by atoms with Crippen molar-refractivity contribution < 1.29 is 9.72 Å². The van der Waals surface area contributed by atoms with Gasteiger partial charge in [-0.2, -0.15) is 0 Å². The highest BCUT2D eigenvalue weighted by molar-refractivity contribution is 5.97. The number of hydrogen-bond donors (Lipinski definition) is 1. The largest absolute Gasteiger partial charge is 0.365 e. The molecule has 1 aromatic rings. The van der Waals surface area contributed by atoms with Crippen molar-refractivity contribution in [3.63, 3.8) is 0 Å². The van der Waals surface area contributed by atoms with Crippen molar-refractivity contribution in [1.82, 2.24) is 4.98 Å². The van der Waals surface area contributed by atoms with Gasteiger partial charge in [-0.1, -0.05) is 13.8 Å². The van der Waals surface area contributed by atoms with Crippen LogP contribution in [-0.2, 0) is 0 Å². The van der Waals surface area contributed by atoms with Crippen LogP contribution in [0, 0.1) is 10.1 Å². The Bertz CT molecular complexity index is 470. The van der Waals surface area contributed by atoms with Crippen molar-refractivity contribution in [1.29, 1.82) is 0 Å². The Hall–Kier alpha value is -2.18. The maximum atomic E-state index is 11.2. The molecule has 104 valence electrons. The molecule has 1 aromatic heterocycles. The lowest BCUT2D eigenvalue weighted by Gasteiger charge is -2.16. The molecule has 0 unspecified atom stereocenters. The first-order valence-electron chi connectivity index (χ1n) is 6.29. The highest BCUT2D eigenvalue weighted by atomic mass is 16.6. The number of nitrogens with zero attached hydrogens (tertiary/aromatic N) is 3. The zero-order chi connectivity index (χ0) is 14.4. The predicted molar refractivity (Wildman–Crippen MR) is 72.2 cm³/mol. The number of carbonyl (C=O) groups is 1. The van der Waals surface area contributed by atoms with Crippen molar-refractivity contribution in [2.45, 2.75) is 26.7 Å². The van der Waals surface area contributed by atoms with Crippen LogP contribution in [0.5, 0.6) is 0 Å². The Morgan fingerprint density at radius 2 is 2.00 bits per heavy atom. The van der Waals surface area contributed by atoms with Crippen LogP contribution >= 0.6 is 0 Å². The maximum Gasteiger partial charge on any atom is 0.300 e. The van der Waals surface area contributed by atoms with E-state index >= 15 is 0 Å². The maximum absolute atomic E-state index is 11.2. The Kier molecular flexibility index (Phi) is 5.23. The van der Waals surface area contributed by atoms with Crippen LogP contribution in [-0.4, -0.2) is 28.9 Å². The molecule has 0 radical (unpaired) electrons. The van der Waals surface area contributed by atoms with E-state index in [1.807, 2.05) is 18.7 Å². The van der Waals surface area contributed by atoms with Gasteiger partial charge in [-0.05, 0) is 12.8 Å². The number of anilines is 1. The monoisotopic (exact) mass is 266 g/mol. The first kappa shape index (κ1) is 14.9. The fourth-order valence-electron chi connectivity index (χ4n) is 1.90. The second-order valence-corrected chi connectivity index (χ2v) is 3.88. The normalized spacial score (nSPS) is 13.7. The minimum Gasteiger partial charge on any atom is -0.365 e. The van der Waals surface area contributed by atoms with E-state index in [9.17, 15) is 14.9 Å². The molecular formula is C12H18N4O3. The van der Waals surface area contributed by atoms with Gasteiger partial charge in [-0.3, -0.25) is 14.9 Å². The lowest BCUT2D eigenvalue weighted by atomic mass is 10.2. The summed E-state index contributed by atoms with van der Waals surface area (Å²) in [4.78, 5) is 27.2. The van der Waals surface area contributed by atoms with Gasteiger partial charge < -0.3 is 10.6 Å². The minimum atomic E-state index is -0.806. The van der Waals surface area contributed by atoms with E-state index in [-0.39, 0.29) is 11.3 Å². The van der Waals surface area contributed by atoms with Crippen LogP contribution in [0.3, 0.4) is 0 Å². The molecule has 19 heavy (non-hydrogen) atoms. The van der Waals surface area contributed by atoms with Gasteiger partial charge in [0.25, 0.3) is 11.6 Å². The van der Waals surface area contributed by atoms with Crippen LogP contribution in [0.2, 0.25) is 0 Å². The molecule has 0 saturated carbocycles. The lowest BCUT2D eigenvalue weighted by Crippen LogP contribution is -2.21. The first-order valence-corrected chi connectivity index (χ1v) is 6.29. The van der Waals surface area contributed by atoms with Gasteiger partial charge in [0, 0.05) is 19.2 Å². The first-order chi connectivity index (χ1) is 9.09. The quantitative estimate of drug-likeness (QED) is 0.662. The number of primary amides is 1. The van der Waals surface area contributed by atoms with Gasteiger partial charge in [0.15, 0.2) is 0 Å². The molecule has 0 bridgehead atoms. The van der Waals surface area contributed by atoms with E-state index in [2.05, 4.69) is 4.98 Å². The van der Waals surface area contributed by atoms with Gasteiger partial charge >= 0.3 is 0 Å². The average Bonchev–Trinajstić information content (AvgIpc) is 2.94. The third kappa shape index (κ3) is 3.40. The third-order valence-electron chi connectivity index (χ3n) is 2.76. The Balaban J connectivity index is 0.000000861. The molecule has 1 amide bonds. The number of hydrogen-bond acceptors (Lipinski definition) is 5. The number of pyridine rings is 1. The van der Waals surface area contributed by atoms with Crippen LogP contribution in [0.25, 0.3) is 0 Å². The second-order valence-electron chi connectivity index (χ2n) is 3.88. The summed E-state index contributed by atoms with van der Waals surface area (Å²) < 4.78 is 0. The zero-order valence-electron chi connectivity index (χ0n) is 11.1. The SMILES string of the molecule is CC.NC(=O)c1cc(N2CCCC2)ncc1[N+](=O)[O-]. The molecule has 1 aliphatic heterocycles. The van der Waals surface area contributed by atoms with Crippen molar-refractivity contribution in [3.8, 4) is 0 Å². The standard InChI is InChI=1S/C10H12N4O3.C2H6/c11-10(15)7-5-9(13-3-1-2-4-13)12-6-8(7)14(16)17;1-2/h5-6H,1-4H2,(H2,11,15);1-2H3. The fraction of sp³-hybridized carbons (Fsp3) is 0.500. The van der Waals surface area contributed by atoms with Gasteiger partial charge in [-0.15, -0.1) is 0 Å². The molecule has 2 heterocycles. The van der Waals surface area contributed by atoms with Gasteiger partial charge in [0.2, 0.25) is 0 Å². The third-order valence-corrected chi connectivity index (χ3v) is 2.76. The van der Waals surface area contributed by atoms with Crippen molar-refractivity contribution >= 4 is 17.4 Å². The van der Waals surface area contributed by atoms with E-state index in [1.165, 1.54) is 6.07 Å². The van der Waals surface area contributed by atoms with E-state index in [4.69, 9.17) is 5.73 Å². The molecule has 0 spiro atoms. The highest BCUT2D eigenvalue weighted by Crippen LogP contribution is 2.24. The Morgan fingerprint density at radius 3 is 2.47 bits per heavy atom. The number of rotatable bonds is 3. The van der Waals surface area contributed by atoms with Gasteiger partial charge in [-0.25, -0.2) is 4.98 Å². The molecule has 7 heteroatoms. The number of carbonyl (C=O) groups excluding carboxylic acids is 1. The number of aromatic nitrogens is 1. The summed E-state index contributed by atoms with van der Waals surface area (Å²) in [5.41, 5.74) is 4.69. The van der Waals surface area contributed by atoms with E-state index in [0.717, 1.165) is 32.1 Å². The molecule has 0 aliphatic carbocycles. The molecule has 0 atom stereocenters. The second kappa shape index (κ2) is 6.67. The summed E-state index contributed by atoms with van der Waals surface area (Å²) >= 11 is 0. The summed E-state index contributed by atoms with van der Waals surface area (Å²) in [7, 11) is 0. The van der Waals surface area contributed by atoms with E-state index in [0.29, 0.717) is 5.82 Å². The molecule has 1 fully saturated rings. The number of nitrogens with two attached hydrogens (primary N) is 1. The summed E-state index contributed by atoms with van der Waals surface area (Å²) in [6.45, 7) is 5.70. The van der Waals surface area contributed by atoms with Crippen LogP contribution in [0.4, 0.5) is 11.5 Å². The Morgan fingerprint density at radius 1 is 1.42 bits per heavy atom. The Labute approximate surface area is 111 Å². The summed E-state index contributed by atoms with van der Waals surface area (Å²) in [6.07, 6.45) is 3.21. The van der Waals surface area contributed by atoms with Crippen molar-refractivity contribution in [2.75, 3.05) is 18.0 Å². The highest BCUT2D eigenvalue weighted by Gasteiger charge is 2.22. The summed E-state index contributed by atoms with van der Waals surface area (Å²) in [5, 5.41) is 10.7. The molecule has 7 nitrogen and oxygen atoms in total. The zero-order valence-corrected chi connectivity index (χ0v) is 11.1. The van der Waals surface area contributed by atoms with Crippen LogP contribution in [0.1, 0.15) is 37.0 Å². The smallest absolute Gasteiger partial charge is 0.300 e. The van der Waals surface area contributed by atoms with Crippen molar-refractivity contribution in [2.24, 2.45) is 5.73 Å². The average molecular weight is 266 g/mol. The van der Waals surface area contributed by atoms with Crippen LogP contribution < -0.4 is 10.6 Å². The van der Waals surface area contributed by atoms with Crippen molar-refractivity contribution in [3.05, 3.63) is 27.9 Å². The lowest BCUT2D eigenvalue weighted by molar-refractivity contribution is -0.385. The minimum absolute atomic E-state index is 0.0908. The molecule has 2 N–H and O–H groups in total. The summed E-state index contributed by atoms with van der Waals surface area (Å²) in [6, 6.07) is 1.39. The van der Waals surface area contributed by atoms with E-state index in [1.54, 1.807) is 0 Å². The number of nitro groups is 1. The van der Waals surface area contributed by atoms with Gasteiger partial charge in [0.05, 0.1) is 4.92 Å². The van der Waals surface area contributed by atoms with E-state index < -0.39 is 10.8 Å². The predicted octanol–water partition coefficient (Wildman–Crippen LogP) is 1.72. The molecule has 1 aliphatic rings. The topological polar surface area (TPSA) is 102 Å². The van der Waals surface area contributed by atoms with Gasteiger partial charge in [0.1, 0.15) is 17.6 Å². The molecular weight excluding hydrogens is 248 g/mol.